The second-order valence-corrected chi connectivity index (χ2v) is 7.32. The Morgan fingerprint density at radius 3 is 2.03 bits per heavy atom. The standard InChI is InChI=1S/C27H26O6/c1-17-5-7-18(8-6-17)13-19(9-11-23(29)22-16-21(28)10-12-24(22)30)20-14-25(31-2)27(33-4)26(15-20)32-3/h5-16,28,30H,1-4H3/b11-9+,19-13+. The first-order chi connectivity index (χ1) is 15.9. The fraction of sp³-hybridized carbons (Fsp3) is 0.148. The van der Waals surface area contributed by atoms with Crippen molar-refractivity contribution in [3.05, 3.63) is 89.0 Å². The highest BCUT2D eigenvalue weighted by Crippen LogP contribution is 2.40. The summed E-state index contributed by atoms with van der Waals surface area (Å²) in [4.78, 5) is 12.7. The minimum Gasteiger partial charge on any atom is -0.508 e. The van der Waals surface area contributed by atoms with Gasteiger partial charge in [0.1, 0.15) is 11.5 Å². The lowest BCUT2D eigenvalue weighted by Crippen LogP contribution is -1.97. The number of rotatable bonds is 8. The molecule has 0 saturated carbocycles. The summed E-state index contributed by atoms with van der Waals surface area (Å²) in [5, 5.41) is 19.7. The molecule has 6 nitrogen and oxygen atoms in total. The van der Waals surface area contributed by atoms with Crippen LogP contribution in [0.1, 0.15) is 27.0 Å². The lowest BCUT2D eigenvalue weighted by Gasteiger charge is -2.15. The fourth-order valence-electron chi connectivity index (χ4n) is 3.29. The van der Waals surface area contributed by atoms with E-state index in [1.54, 1.807) is 18.2 Å². The van der Waals surface area contributed by atoms with Crippen LogP contribution < -0.4 is 14.2 Å². The molecule has 3 aromatic carbocycles. The molecule has 0 radical (unpaired) electrons. The largest absolute Gasteiger partial charge is 0.508 e. The third-order valence-electron chi connectivity index (χ3n) is 5.06. The smallest absolute Gasteiger partial charge is 0.203 e. The summed E-state index contributed by atoms with van der Waals surface area (Å²) in [6, 6.07) is 15.4. The van der Waals surface area contributed by atoms with Gasteiger partial charge in [0.25, 0.3) is 0 Å². The van der Waals surface area contributed by atoms with Crippen molar-refractivity contribution in [1.29, 1.82) is 0 Å². The molecular weight excluding hydrogens is 420 g/mol. The number of ketones is 1. The number of hydrogen-bond acceptors (Lipinski definition) is 6. The van der Waals surface area contributed by atoms with E-state index in [-0.39, 0.29) is 17.1 Å². The van der Waals surface area contributed by atoms with Crippen LogP contribution in [0, 0.1) is 6.92 Å². The second kappa shape index (κ2) is 10.4. The minimum atomic E-state index is -0.453. The van der Waals surface area contributed by atoms with Crippen LogP contribution in [-0.2, 0) is 0 Å². The molecule has 170 valence electrons. The van der Waals surface area contributed by atoms with Crippen molar-refractivity contribution >= 4 is 17.4 Å². The zero-order chi connectivity index (χ0) is 24.0. The van der Waals surface area contributed by atoms with Gasteiger partial charge in [-0.25, -0.2) is 0 Å². The number of phenolic OH excluding ortho intramolecular Hbond substituents is 2. The van der Waals surface area contributed by atoms with E-state index >= 15 is 0 Å². The van der Waals surface area contributed by atoms with Gasteiger partial charge in [-0.05, 0) is 66.1 Å². The number of allylic oxidation sites excluding steroid dienone is 3. The number of carbonyl (C=O) groups is 1. The molecule has 3 rings (SSSR count). The first-order valence-corrected chi connectivity index (χ1v) is 10.2. The number of aryl methyl sites for hydroxylation is 1. The van der Waals surface area contributed by atoms with Crippen molar-refractivity contribution in [2.45, 2.75) is 6.92 Å². The van der Waals surface area contributed by atoms with E-state index in [1.807, 2.05) is 37.3 Å². The van der Waals surface area contributed by atoms with Crippen molar-refractivity contribution in [2.24, 2.45) is 0 Å². The molecule has 3 aromatic rings. The van der Waals surface area contributed by atoms with E-state index in [0.29, 0.717) is 22.8 Å². The lowest BCUT2D eigenvalue weighted by atomic mass is 9.99. The Morgan fingerprint density at radius 2 is 1.45 bits per heavy atom. The Balaban J connectivity index is 2.11. The molecule has 0 aliphatic rings. The number of benzene rings is 3. The molecule has 0 saturated heterocycles. The van der Waals surface area contributed by atoms with Crippen molar-refractivity contribution in [3.63, 3.8) is 0 Å². The van der Waals surface area contributed by atoms with E-state index in [1.165, 1.54) is 45.6 Å². The van der Waals surface area contributed by atoms with Gasteiger partial charge in [0.05, 0.1) is 26.9 Å². The Kier molecular flexibility index (Phi) is 7.41. The number of aromatic hydroxyl groups is 2. The van der Waals surface area contributed by atoms with Crippen LogP contribution in [0.5, 0.6) is 28.7 Å². The number of ether oxygens (including phenoxy) is 3. The van der Waals surface area contributed by atoms with Crippen molar-refractivity contribution in [1.82, 2.24) is 0 Å². The summed E-state index contributed by atoms with van der Waals surface area (Å²) < 4.78 is 16.4. The SMILES string of the molecule is COc1cc(C(/C=C/C(=O)c2cc(O)ccc2O)=C/c2ccc(C)cc2)cc(OC)c1OC. The predicted molar refractivity (Wildman–Crippen MR) is 128 cm³/mol. The average Bonchev–Trinajstić information content (AvgIpc) is 2.83. The number of methoxy groups -OCH3 is 3. The van der Waals surface area contributed by atoms with Crippen LogP contribution in [0.15, 0.2) is 66.7 Å². The summed E-state index contributed by atoms with van der Waals surface area (Å²) in [5.41, 5.74) is 3.50. The number of phenols is 2. The summed E-state index contributed by atoms with van der Waals surface area (Å²) >= 11 is 0. The number of hydrogen-bond donors (Lipinski definition) is 2. The maximum Gasteiger partial charge on any atom is 0.203 e. The van der Waals surface area contributed by atoms with E-state index in [4.69, 9.17) is 14.2 Å². The zero-order valence-corrected chi connectivity index (χ0v) is 19.0. The summed E-state index contributed by atoms with van der Waals surface area (Å²) in [6.45, 7) is 2.01. The molecule has 0 fully saturated rings. The topological polar surface area (TPSA) is 85.2 Å². The molecule has 6 heteroatoms. The van der Waals surface area contributed by atoms with Gasteiger partial charge in [-0.15, -0.1) is 0 Å². The molecule has 33 heavy (non-hydrogen) atoms. The molecule has 0 spiro atoms. The van der Waals surface area contributed by atoms with E-state index in [9.17, 15) is 15.0 Å². The van der Waals surface area contributed by atoms with Gasteiger partial charge in [-0.1, -0.05) is 35.9 Å². The molecular formula is C27H26O6. The second-order valence-electron chi connectivity index (χ2n) is 7.32. The van der Waals surface area contributed by atoms with E-state index < -0.39 is 5.78 Å². The Morgan fingerprint density at radius 1 is 0.818 bits per heavy atom. The van der Waals surface area contributed by atoms with E-state index in [2.05, 4.69) is 0 Å². The normalized spacial score (nSPS) is 11.5. The lowest BCUT2D eigenvalue weighted by molar-refractivity contribution is 0.104. The molecule has 0 aliphatic carbocycles. The van der Waals surface area contributed by atoms with Crippen LogP contribution in [-0.4, -0.2) is 37.3 Å². The van der Waals surface area contributed by atoms with Crippen molar-refractivity contribution in [2.75, 3.05) is 21.3 Å². The van der Waals surface area contributed by atoms with Gasteiger partial charge in [0.15, 0.2) is 17.3 Å². The van der Waals surface area contributed by atoms with Crippen LogP contribution in [0.2, 0.25) is 0 Å². The van der Waals surface area contributed by atoms with Crippen molar-refractivity contribution < 1.29 is 29.2 Å². The maximum atomic E-state index is 12.7. The molecule has 0 aromatic heterocycles. The predicted octanol–water partition coefficient (Wildman–Crippen LogP) is 5.41. The highest BCUT2D eigenvalue weighted by Gasteiger charge is 2.15. The van der Waals surface area contributed by atoms with Crippen LogP contribution in [0.4, 0.5) is 0 Å². The Hall–Kier alpha value is -4.19. The summed E-state index contributed by atoms with van der Waals surface area (Å²) in [5.74, 6) is 0.650. The molecule has 0 unspecified atom stereocenters. The van der Waals surface area contributed by atoms with E-state index in [0.717, 1.165) is 16.7 Å². The van der Waals surface area contributed by atoms with Gasteiger partial charge in [0, 0.05) is 0 Å². The van der Waals surface area contributed by atoms with Gasteiger partial charge in [-0.2, -0.15) is 0 Å². The average molecular weight is 446 g/mol. The maximum absolute atomic E-state index is 12.7. The minimum absolute atomic E-state index is 0.00540. The monoisotopic (exact) mass is 446 g/mol. The van der Waals surface area contributed by atoms with Gasteiger partial charge >= 0.3 is 0 Å². The van der Waals surface area contributed by atoms with Gasteiger partial charge in [0.2, 0.25) is 5.75 Å². The zero-order valence-electron chi connectivity index (χ0n) is 19.0. The first kappa shape index (κ1) is 23.5. The molecule has 0 aliphatic heterocycles. The quantitative estimate of drug-likeness (QED) is 0.158. The van der Waals surface area contributed by atoms with Crippen LogP contribution in [0.3, 0.4) is 0 Å². The third-order valence-corrected chi connectivity index (χ3v) is 5.06. The van der Waals surface area contributed by atoms with Gasteiger partial charge in [-0.3, -0.25) is 4.79 Å². The number of carbonyl (C=O) groups excluding carboxylic acids is 1. The first-order valence-electron chi connectivity index (χ1n) is 10.2. The molecule has 0 bridgehead atoms. The molecule has 2 N–H and O–H groups in total. The Bertz CT molecular complexity index is 1180. The highest BCUT2D eigenvalue weighted by molar-refractivity contribution is 6.08. The highest BCUT2D eigenvalue weighted by atomic mass is 16.5. The van der Waals surface area contributed by atoms with Crippen molar-refractivity contribution in [3.8, 4) is 28.7 Å². The Labute approximate surface area is 193 Å². The fourth-order valence-corrected chi connectivity index (χ4v) is 3.29. The summed E-state index contributed by atoms with van der Waals surface area (Å²) in [6.07, 6.45) is 4.91. The van der Waals surface area contributed by atoms with Gasteiger partial charge < -0.3 is 24.4 Å². The summed E-state index contributed by atoms with van der Waals surface area (Å²) in [7, 11) is 4.60. The third kappa shape index (κ3) is 5.54. The molecule has 0 heterocycles. The molecule has 0 atom stereocenters. The van der Waals surface area contributed by atoms with Crippen LogP contribution >= 0.6 is 0 Å². The van der Waals surface area contributed by atoms with Crippen LogP contribution in [0.25, 0.3) is 11.6 Å². The molecule has 0 amide bonds.